The number of alkyl halides is 3. The number of nitrogens with two attached hydrogens (primary N) is 1. The third-order valence-electron chi connectivity index (χ3n) is 2.57. The molecule has 4 N–H and O–H groups in total. The van der Waals surface area contributed by atoms with E-state index in [0.29, 0.717) is 5.56 Å². The molecular formula is C12H15F4NO4. The quantitative estimate of drug-likeness (QED) is 0.652. The van der Waals surface area contributed by atoms with Crippen molar-refractivity contribution < 1.29 is 43.0 Å². The summed E-state index contributed by atoms with van der Waals surface area (Å²) in [4.78, 5) is 8.78. The monoisotopic (exact) mass is 313 g/mol. The molecule has 0 fully saturated rings. The Hall–Kier alpha value is -1.87. The molecule has 0 aliphatic carbocycles. The minimum Gasteiger partial charge on any atom is -0.542 e. The van der Waals surface area contributed by atoms with Crippen LogP contribution in [0.4, 0.5) is 17.6 Å². The van der Waals surface area contributed by atoms with Crippen LogP contribution in [0, 0.1) is 5.82 Å². The van der Waals surface area contributed by atoms with Gasteiger partial charge in [0, 0.05) is 0 Å². The largest absolute Gasteiger partial charge is 0.542 e. The number of hydrogen-bond acceptors (Lipinski definition) is 4. The van der Waals surface area contributed by atoms with Crippen LogP contribution in [0.5, 0.6) is 5.75 Å². The second kappa shape index (κ2) is 7.79. The molecule has 0 aromatic heterocycles. The molecule has 1 aromatic rings. The average molecular weight is 313 g/mol. The summed E-state index contributed by atoms with van der Waals surface area (Å²) < 4.78 is 44.3. The van der Waals surface area contributed by atoms with Crippen LogP contribution in [0.2, 0.25) is 0 Å². The topological polar surface area (TPSA) is 97.2 Å². The normalized spacial score (nSPS) is 13.9. The van der Waals surface area contributed by atoms with E-state index >= 15 is 0 Å². The average Bonchev–Trinajstić information content (AvgIpc) is 2.39. The van der Waals surface area contributed by atoms with Crippen LogP contribution in [0.15, 0.2) is 18.2 Å². The first kappa shape index (κ1) is 19.1. The molecule has 2 atom stereocenters. The molecule has 0 amide bonds. The number of phenols is 1. The van der Waals surface area contributed by atoms with Crippen molar-refractivity contribution in [1.82, 2.24) is 0 Å². The number of aromatic hydroxyl groups is 1. The number of carbonyl (C=O) groups is 1. The SMILES string of the molecule is C[NH2+][C@H](C)C(O)c1ccc(F)c(O)c1.O=C([O-])C(F)(F)F. The summed E-state index contributed by atoms with van der Waals surface area (Å²) >= 11 is 0. The Morgan fingerprint density at radius 2 is 1.86 bits per heavy atom. The molecule has 0 heterocycles. The lowest BCUT2D eigenvalue weighted by Crippen LogP contribution is -2.86. The highest BCUT2D eigenvalue weighted by atomic mass is 19.4. The lowest BCUT2D eigenvalue weighted by molar-refractivity contribution is -0.669. The maximum absolute atomic E-state index is 12.7. The van der Waals surface area contributed by atoms with E-state index in [2.05, 4.69) is 0 Å². The summed E-state index contributed by atoms with van der Waals surface area (Å²) in [7, 11) is 1.84. The Balaban J connectivity index is 0.000000486. The van der Waals surface area contributed by atoms with Gasteiger partial charge < -0.3 is 25.4 Å². The molecule has 0 radical (unpaired) electrons. The van der Waals surface area contributed by atoms with E-state index in [-0.39, 0.29) is 6.04 Å². The smallest absolute Gasteiger partial charge is 0.430 e. The van der Waals surface area contributed by atoms with Crippen LogP contribution in [0.1, 0.15) is 18.6 Å². The standard InChI is InChI=1S/C10H14FNO2.C2HF3O2/c1-6(12-2)10(14)7-3-4-8(11)9(13)5-7;3-2(4,5)1(6)7/h3-6,10,12-14H,1-2H3;(H,6,7)/t6-,10?;/m1./s1. The van der Waals surface area contributed by atoms with E-state index in [4.69, 9.17) is 15.0 Å². The molecule has 120 valence electrons. The van der Waals surface area contributed by atoms with Gasteiger partial charge in [-0.05, 0) is 24.6 Å². The number of carboxylic acid groups (broad SMARTS) is 1. The van der Waals surface area contributed by atoms with Crippen LogP contribution in [0.25, 0.3) is 0 Å². The minimum absolute atomic E-state index is 0.0279. The fourth-order valence-corrected chi connectivity index (χ4v) is 1.20. The van der Waals surface area contributed by atoms with Gasteiger partial charge in [-0.25, -0.2) is 4.39 Å². The molecule has 21 heavy (non-hydrogen) atoms. The number of phenolic OH excluding ortho intramolecular Hbond substituents is 1. The van der Waals surface area contributed by atoms with Crippen LogP contribution in [-0.2, 0) is 4.79 Å². The van der Waals surface area contributed by atoms with Gasteiger partial charge in [-0.3, -0.25) is 0 Å². The molecule has 0 aliphatic heterocycles. The van der Waals surface area contributed by atoms with Crippen molar-refractivity contribution >= 4 is 5.97 Å². The molecule has 1 rings (SSSR count). The summed E-state index contributed by atoms with van der Waals surface area (Å²) in [5, 5.41) is 29.5. The van der Waals surface area contributed by atoms with Crippen molar-refractivity contribution in [2.75, 3.05) is 7.05 Å². The van der Waals surface area contributed by atoms with Crippen LogP contribution in [-0.4, -0.2) is 35.4 Å². The van der Waals surface area contributed by atoms with Gasteiger partial charge in [-0.15, -0.1) is 0 Å². The lowest BCUT2D eigenvalue weighted by atomic mass is 10.0. The molecule has 0 spiro atoms. The van der Waals surface area contributed by atoms with Crippen LogP contribution < -0.4 is 10.4 Å². The van der Waals surface area contributed by atoms with E-state index in [1.807, 2.05) is 19.3 Å². The van der Waals surface area contributed by atoms with Crippen molar-refractivity contribution in [2.45, 2.75) is 25.2 Å². The molecule has 0 saturated heterocycles. The predicted molar refractivity (Wildman–Crippen MR) is 61.4 cm³/mol. The highest BCUT2D eigenvalue weighted by molar-refractivity contribution is 5.70. The number of aliphatic hydroxyl groups is 1. The number of hydrogen-bond donors (Lipinski definition) is 3. The van der Waals surface area contributed by atoms with E-state index in [9.17, 15) is 22.7 Å². The Morgan fingerprint density at radius 1 is 1.38 bits per heavy atom. The summed E-state index contributed by atoms with van der Waals surface area (Å²) in [6.45, 7) is 1.85. The zero-order chi connectivity index (χ0) is 16.8. The third-order valence-corrected chi connectivity index (χ3v) is 2.57. The van der Waals surface area contributed by atoms with Gasteiger partial charge in [-0.2, -0.15) is 13.2 Å². The van der Waals surface area contributed by atoms with Gasteiger partial charge in [-0.1, -0.05) is 6.07 Å². The number of aliphatic hydroxyl groups excluding tert-OH is 1. The number of aliphatic carboxylic acids is 1. The number of rotatable bonds is 3. The Kier molecular flexibility index (Phi) is 7.10. The van der Waals surface area contributed by atoms with Crippen molar-refractivity contribution in [2.24, 2.45) is 0 Å². The van der Waals surface area contributed by atoms with Crippen molar-refractivity contribution in [1.29, 1.82) is 0 Å². The highest BCUT2D eigenvalue weighted by Crippen LogP contribution is 2.22. The summed E-state index contributed by atoms with van der Waals surface area (Å²) in [6.07, 6.45) is -5.90. The predicted octanol–water partition coefficient (Wildman–Crippen LogP) is -0.555. The number of halogens is 4. The third kappa shape index (κ3) is 6.41. The molecule has 5 nitrogen and oxygen atoms in total. The first-order valence-corrected chi connectivity index (χ1v) is 5.74. The molecular weight excluding hydrogens is 298 g/mol. The van der Waals surface area contributed by atoms with Gasteiger partial charge in [0.2, 0.25) is 0 Å². The van der Waals surface area contributed by atoms with E-state index in [1.54, 1.807) is 0 Å². The zero-order valence-corrected chi connectivity index (χ0v) is 11.2. The van der Waals surface area contributed by atoms with E-state index < -0.39 is 29.8 Å². The second-order valence-corrected chi connectivity index (χ2v) is 4.13. The number of quaternary nitrogens is 1. The van der Waals surface area contributed by atoms with Crippen molar-refractivity contribution in [3.8, 4) is 5.75 Å². The molecule has 0 saturated carbocycles. The molecule has 1 unspecified atom stereocenters. The van der Waals surface area contributed by atoms with Gasteiger partial charge in [0.15, 0.2) is 11.6 Å². The highest BCUT2D eigenvalue weighted by Gasteiger charge is 2.28. The van der Waals surface area contributed by atoms with Crippen LogP contribution in [0.3, 0.4) is 0 Å². The number of carboxylic acids is 1. The lowest BCUT2D eigenvalue weighted by Gasteiger charge is -2.15. The number of likely N-dealkylation sites (N-methyl/N-ethyl adjacent to an activating group) is 1. The first-order valence-electron chi connectivity index (χ1n) is 5.74. The number of benzene rings is 1. The van der Waals surface area contributed by atoms with E-state index in [0.717, 1.165) is 6.07 Å². The summed E-state index contributed by atoms with van der Waals surface area (Å²) in [5.74, 6) is -4.11. The maximum Gasteiger partial charge on any atom is 0.430 e. The van der Waals surface area contributed by atoms with Crippen LogP contribution >= 0.6 is 0 Å². The van der Waals surface area contributed by atoms with Crippen molar-refractivity contribution in [3.63, 3.8) is 0 Å². The first-order chi connectivity index (χ1) is 9.50. The molecule has 9 heteroatoms. The number of carbonyl (C=O) groups excluding carboxylic acids is 1. The Morgan fingerprint density at radius 3 is 2.19 bits per heavy atom. The Labute approximate surface area is 117 Å². The summed E-state index contributed by atoms with van der Waals surface area (Å²) in [5.41, 5.74) is 0.523. The zero-order valence-electron chi connectivity index (χ0n) is 11.2. The second-order valence-electron chi connectivity index (χ2n) is 4.13. The molecule has 0 bridgehead atoms. The maximum atomic E-state index is 12.7. The molecule has 1 aromatic carbocycles. The van der Waals surface area contributed by atoms with Gasteiger partial charge in [0.05, 0.1) is 7.05 Å². The van der Waals surface area contributed by atoms with Gasteiger partial charge >= 0.3 is 6.18 Å². The van der Waals surface area contributed by atoms with E-state index in [1.165, 1.54) is 12.1 Å². The molecule has 0 aliphatic rings. The fourth-order valence-electron chi connectivity index (χ4n) is 1.20. The minimum atomic E-state index is -5.19. The summed E-state index contributed by atoms with van der Waals surface area (Å²) in [6, 6.07) is 3.84. The van der Waals surface area contributed by atoms with Gasteiger partial charge in [0.25, 0.3) is 0 Å². The Bertz CT molecular complexity index is 479. The fraction of sp³-hybridized carbons (Fsp3) is 0.417. The van der Waals surface area contributed by atoms with Gasteiger partial charge in [0.1, 0.15) is 18.1 Å². The van der Waals surface area contributed by atoms with Crippen molar-refractivity contribution in [3.05, 3.63) is 29.6 Å².